The maximum Gasteiger partial charge on any atom is 0.252 e. The lowest BCUT2D eigenvalue weighted by atomic mass is 10.2. The molecular formula is C10H16BrNO2S2. The molecule has 0 saturated heterocycles. The van der Waals surface area contributed by atoms with Crippen LogP contribution in [0.3, 0.4) is 0 Å². The molecule has 6 heteroatoms. The standard InChI is InChI=1S/C10H16BrNO2S2/c1-3-4-5-8-12(2)16(13,14)10-7-6-9(11)15-10/h6-7H,3-5,8H2,1-2H3. The Morgan fingerprint density at radius 1 is 1.38 bits per heavy atom. The summed E-state index contributed by atoms with van der Waals surface area (Å²) in [5.74, 6) is 0. The van der Waals surface area contributed by atoms with Gasteiger partial charge in [0, 0.05) is 13.6 Å². The Morgan fingerprint density at radius 3 is 2.56 bits per heavy atom. The Kier molecular flexibility index (Phi) is 5.43. The highest BCUT2D eigenvalue weighted by Gasteiger charge is 2.21. The summed E-state index contributed by atoms with van der Waals surface area (Å²) >= 11 is 4.52. The lowest BCUT2D eigenvalue weighted by molar-refractivity contribution is 0.456. The Hall–Kier alpha value is 0.0900. The van der Waals surface area contributed by atoms with Crippen molar-refractivity contribution in [2.45, 2.75) is 30.4 Å². The van der Waals surface area contributed by atoms with Crippen LogP contribution in [0.4, 0.5) is 0 Å². The Balaban J connectivity index is 2.70. The molecule has 0 aliphatic rings. The molecule has 0 amide bonds. The van der Waals surface area contributed by atoms with Crippen molar-refractivity contribution in [3.05, 3.63) is 15.9 Å². The summed E-state index contributed by atoms with van der Waals surface area (Å²) in [5.41, 5.74) is 0. The highest BCUT2D eigenvalue weighted by Crippen LogP contribution is 2.27. The van der Waals surface area contributed by atoms with E-state index in [4.69, 9.17) is 0 Å². The van der Waals surface area contributed by atoms with E-state index in [-0.39, 0.29) is 0 Å². The SMILES string of the molecule is CCCCCN(C)S(=O)(=O)c1ccc(Br)s1. The fourth-order valence-corrected chi connectivity index (χ4v) is 4.72. The maximum absolute atomic E-state index is 12.1. The van der Waals surface area contributed by atoms with E-state index in [1.165, 1.54) is 15.6 Å². The van der Waals surface area contributed by atoms with Crippen LogP contribution in [0.1, 0.15) is 26.2 Å². The molecule has 0 bridgehead atoms. The molecule has 0 N–H and O–H groups in total. The fraction of sp³-hybridized carbons (Fsp3) is 0.600. The van der Waals surface area contributed by atoms with E-state index in [1.54, 1.807) is 19.2 Å². The highest BCUT2D eigenvalue weighted by molar-refractivity contribution is 9.11. The van der Waals surface area contributed by atoms with Crippen LogP contribution in [0, 0.1) is 0 Å². The van der Waals surface area contributed by atoms with E-state index in [0.29, 0.717) is 10.8 Å². The van der Waals surface area contributed by atoms with Crippen molar-refractivity contribution in [1.82, 2.24) is 4.31 Å². The molecule has 1 aromatic heterocycles. The van der Waals surface area contributed by atoms with Crippen molar-refractivity contribution in [2.24, 2.45) is 0 Å². The van der Waals surface area contributed by atoms with Crippen LogP contribution >= 0.6 is 27.3 Å². The molecule has 0 aliphatic heterocycles. The van der Waals surface area contributed by atoms with Crippen molar-refractivity contribution in [2.75, 3.05) is 13.6 Å². The smallest absolute Gasteiger partial charge is 0.206 e. The van der Waals surface area contributed by atoms with E-state index < -0.39 is 10.0 Å². The van der Waals surface area contributed by atoms with Gasteiger partial charge in [0.15, 0.2) is 0 Å². The first-order chi connectivity index (χ1) is 7.48. The summed E-state index contributed by atoms with van der Waals surface area (Å²) in [6.45, 7) is 2.69. The van der Waals surface area contributed by atoms with Crippen molar-refractivity contribution in [1.29, 1.82) is 0 Å². The summed E-state index contributed by atoms with van der Waals surface area (Å²) < 4.78 is 26.8. The topological polar surface area (TPSA) is 37.4 Å². The first-order valence-corrected chi connectivity index (χ1v) is 8.25. The molecule has 1 heterocycles. The van der Waals surface area contributed by atoms with Crippen LogP contribution in [-0.2, 0) is 10.0 Å². The number of nitrogens with zero attached hydrogens (tertiary/aromatic N) is 1. The second-order valence-corrected chi connectivity index (χ2v) is 8.33. The van der Waals surface area contributed by atoms with Gasteiger partial charge in [-0.15, -0.1) is 11.3 Å². The molecule has 3 nitrogen and oxygen atoms in total. The summed E-state index contributed by atoms with van der Waals surface area (Å²) in [6.07, 6.45) is 3.07. The second-order valence-electron chi connectivity index (χ2n) is 3.59. The van der Waals surface area contributed by atoms with Crippen LogP contribution in [0.25, 0.3) is 0 Å². The third-order valence-corrected chi connectivity index (χ3v) is 6.24. The molecule has 0 fully saturated rings. The van der Waals surface area contributed by atoms with Gasteiger partial charge >= 0.3 is 0 Å². The zero-order chi connectivity index (χ0) is 12.2. The van der Waals surface area contributed by atoms with E-state index in [9.17, 15) is 8.42 Å². The lowest BCUT2D eigenvalue weighted by Gasteiger charge is -2.15. The van der Waals surface area contributed by atoms with Crippen molar-refractivity contribution >= 4 is 37.3 Å². The third kappa shape index (κ3) is 3.55. The van der Waals surface area contributed by atoms with Crippen LogP contribution in [0.15, 0.2) is 20.1 Å². The number of sulfonamides is 1. The van der Waals surface area contributed by atoms with Crippen molar-refractivity contribution < 1.29 is 8.42 Å². The summed E-state index contributed by atoms with van der Waals surface area (Å²) in [7, 11) is -1.64. The van der Waals surface area contributed by atoms with Gasteiger partial charge in [-0.05, 0) is 34.5 Å². The number of halogens is 1. The first kappa shape index (κ1) is 14.2. The minimum atomic E-state index is -3.28. The molecule has 0 saturated carbocycles. The molecule has 0 unspecified atom stereocenters. The fourth-order valence-electron chi connectivity index (χ4n) is 1.29. The quantitative estimate of drug-likeness (QED) is 0.752. The average Bonchev–Trinajstić information content (AvgIpc) is 2.65. The molecule has 0 spiro atoms. The first-order valence-electron chi connectivity index (χ1n) is 5.20. The molecule has 0 radical (unpaired) electrons. The highest BCUT2D eigenvalue weighted by atomic mass is 79.9. The van der Waals surface area contributed by atoms with Crippen molar-refractivity contribution in [3.8, 4) is 0 Å². The summed E-state index contributed by atoms with van der Waals surface area (Å²) in [5, 5.41) is 0. The number of hydrogen-bond donors (Lipinski definition) is 0. The van der Waals surface area contributed by atoms with Crippen LogP contribution in [-0.4, -0.2) is 26.3 Å². The van der Waals surface area contributed by atoms with Gasteiger partial charge in [-0.2, -0.15) is 0 Å². The maximum atomic E-state index is 12.1. The predicted molar refractivity (Wildman–Crippen MR) is 71.4 cm³/mol. The van der Waals surface area contributed by atoms with Gasteiger partial charge in [0.05, 0.1) is 3.79 Å². The van der Waals surface area contributed by atoms with E-state index in [2.05, 4.69) is 22.9 Å². The third-order valence-electron chi connectivity index (χ3n) is 2.29. The molecule has 0 atom stereocenters. The average molecular weight is 326 g/mol. The number of thiophene rings is 1. The van der Waals surface area contributed by atoms with Gasteiger partial charge in [0.2, 0.25) is 0 Å². The number of rotatable bonds is 6. The van der Waals surface area contributed by atoms with Gasteiger partial charge in [-0.1, -0.05) is 19.8 Å². The van der Waals surface area contributed by atoms with E-state index in [1.807, 2.05) is 0 Å². The molecule has 1 rings (SSSR count). The Labute approximate surface area is 110 Å². The zero-order valence-electron chi connectivity index (χ0n) is 9.44. The van der Waals surface area contributed by atoms with Crippen molar-refractivity contribution in [3.63, 3.8) is 0 Å². The molecule has 0 aliphatic carbocycles. The van der Waals surface area contributed by atoms with Crippen LogP contribution in [0.2, 0.25) is 0 Å². The van der Waals surface area contributed by atoms with Gasteiger partial charge in [-0.3, -0.25) is 0 Å². The van der Waals surface area contributed by atoms with Gasteiger partial charge in [0.25, 0.3) is 10.0 Å². The largest absolute Gasteiger partial charge is 0.252 e. The molecule has 0 aromatic carbocycles. The molecule has 1 aromatic rings. The van der Waals surface area contributed by atoms with Gasteiger partial charge in [0.1, 0.15) is 4.21 Å². The lowest BCUT2D eigenvalue weighted by Crippen LogP contribution is -2.27. The molecule has 92 valence electrons. The predicted octanol–water partition coefficient (Wildman–Crippen LogP) is 3.32. The molecule has 16 heavy (non-hydrogen) atoms. The second kappa shape index (κ2) is 6.14. The normalized spacial score (nSPS) is 12.2. The van der Waals surface area contributed by atoms with Crippen LogP contribution in [0.5, 0.6) is 0 Å². The minimum Gasteiger partial charge on any atom is -0.206 e. The minimum absolute atomic E-state index is 0.401. The number of unbranched alkanes of at least 4 members (excludes halogenated alkanes) is 2. The van der Waals surface area contributed by atoms with Gasteiger partial charge < -0.3 is 0 Å². The summed E-state index contributed by atoms with van der Waals surface area (Å²) in [6, 6.07) is 3.40. The Bertz CT molecular complexity index is 428. The van der Waals surface area contributed by atoms with Gasteiger partial charge in [-0.25, -0.2) is 12.7 Å². The zero-order valence-corrected chi connectivity index (χ0v) is 12.7. The van der Waals surface area contributed by atoms with E-state index >= 15 is 0 Å². The monoisotopic (exact) mass is 325 g/mol. The van der Waals surface area contributed by atoms with E-state index in [0.717, 1.165) is 23.0 Å². The van der Waals surface area contributed by atoms with Crippen LogP contribution < -0.4 is 0 Å². The number of hydrogen-bond acceptors (Lipinski definition) is 3. The molecular weight excluding hydrogens is 310 g/mol. The Morgan fingerprint density at radius 2 is 2.06 bits per heavy atom. The summed E-state index contributed by atoms with van der Waals surface area (Å²) in [4.78, 5) is 0.